The van der Waals surface area contributed by atoms with Gasteiger partial charge in [0.25, 0.3) is 0 Å². The first kappa shape index (κ1) is 25.8. The number of halogens is 1. The summed E-state index contributed by atoms with van der Waals surface area (Å²) in [5.74, 6) is 3.56. The predicted molar refractivity (Wildman–Crippen MR) is 145 cm³/mol. The summed E-state index contributed by atoms with van der Waals surface area (Å²) in [6.45, 7) is 7.34. The quantitative estimate of drug-likeness (QED) is 0.480. The molecule has 202 valence electrons. The van der Waals surface area contributed by atoms with Gasteiger partial charge in [0, 0.05) is 11.4 Å². The minimum Gasteiger partial charge on any atom is -0.408 e. The molecule has 1 aromatic carbocycles. The number of aliphatic hydroxyl groups is 2. The van der Waals surface area contributed by atoms with Crippen LogP contribution in [0.1, 0.15) is 84.4 Å². The molecule has 1 aromatic heterocycles. The van der Waals surface area contributed by atoms with Crippen LogP contribution in [0.25, 0.3) is 10.9 Å². The van der Waals surface area contributed by atoms with Crippen LogP contribution in [0.3, 0.4) is 0 Å². The Morgan fingerprint density at radius 2 is 1.84 bits per heavy atom. The Balaban J connectivity index is 1.18. The molecule has 37 heavy (non-hydrogen) atoms. The third-order valence-corrected chi connectivity index (χ3v) is 12.1. The molecule has 0 saturated heterocycles. The van der Waals surface area contributed by atoms with Gasteiger partial charge >= 0.3 is 5.63 Å². The van der Waals surface area contributed by atoms with Crippen LogP contribution >= 0.6 is 11.6 Å². The monoisotopic (exact) mass is 527 g/mol. The third kappa shape index (κ3) is 4.19. The molecule has 5 nitrogen and oxygen atoms in total. The molecule has 6 rings (SSSR count). The Kier molecular flexibility index (Phi) is 6.52. The fourth-order valence-corrected chi connectivity index (χ4v) is 10.1. The van der Waals surface area contributed by atoms with Crippen LogP contribution in [0.15, 0.2) is 27.4 Å². The normalized spacial score (nSPS) is 42.2. The molecule has 0 amide bonds. The van der Waals surface area contributed by atoms with Gasteiger partial charge in [0.05, 0.1) is 23.1 Å². The SMILES string of the molecule is C[C@H](CCc1nc2cc(Cl)ccc2c(=O)o1)[C@H]1CC[C@H]2[C@H]3C(CC[C@]12C)[C@@]1(C)CC[C@@H](O)C[C@H]1C[C@@H]3O. The molecule has 2 aromatic rings. The molecule has 1 heterocycles. The second kappa shape index (κ2) is 9.34. The van der Waals surface area contributed by atoms with Crippen LogP contribution in [0.5, 0.6) is 0 Å². The zero-order chi connectivity index (χ0) is 26.1. The summed E-state index contributed by atoms with van der Waals surface area (Å²) in [6, 6.07) is 5.10. The van der Waals surface area contributed by atoms with E-state index in [0.717, 1.165) is 32.1 Å². The van der Waals surface area contributed by atoms with Crippen LogP contribution in [-0.2, 0) is 6.42 Å². The number of aliphatic hydroxyl groups excluding tert-OH is 2. The van der Waals surface area contributed by atoms with Crippen molar-refractivity contribution in [2.45, 2.75) is 97.2 Å². The van der Waals surface area contributed by atoms with Crippen molar-refractivity contribution in [2.24, 2.45) is 46.3 Å². The minimum absolute atomic E-state index is 0.189. The number of benzene rings is 1. The molecule has 0 bridgehead atoms. The highest BCUT2D eigenvalue weighted by Gasteiger charge is 2.62. The van der Waals surface area contributed by atoms with Crippen LogP contribution in [-0.4, -0.2) is 27.4 Å². The fourth-order valence-electron chi connectivity index (χ4n) is 9.92. The van der Waals surface area contributed by atoms with E-state index in [1.165, 1.54) is 25.7 Å². The van der Waals surface area contributed by atoms with Gasteiger partial charge in [-0.1, -0.05) is 32.4 Å². The van der Waals surface area contributed by atoms with E-state index in [-0.39, 0.29) is 28.7 Å². The maximum absolute atomic E-state index is 12.5. The van der Waals surface area contributed by atoms with Crippen molar-refractivity contribution in [3.05, 3.63) is 39.5 Å². The van der Waals surface area contributed by atoms with E-state index in [4.69, 9.17) is 16.0 Å². The van der Waals surface area contributed by atoms with E-state index in [0.29, 0.717) is 63.7 Å². The van der Waals surface area contributed by atoms with Gasteiger partial charge in [-0.05, 0) is 122 Å². The van der Waals surface area contributed by atoms with Crippen molar-refractivity contribution < 1.29 is 14.6 Å². The van der Waals surface area contributed by atoms with Gasteiger partial charge in [-0.25, -0.2) is 9.78 Å². The van der Waals surface area contributed by atoms with Crippen molar-refractivity contribution in [1.82, 2.24) is 4.98 Å². The van der Waals surface area contributed by atoms with E-state index in [9.17, 15) is 15.0 Å². The minimum atomic E-state index is -0.344. The van der Waals surface area contributed by atoms with Crippen molar-refractivity contribution in [2.75, 3.05) is 0 Å². The highest BCUT2D eigenvalue weighted by Crippen LogP contribution is 2.68. The molecule has 6 heteroatoms. The Morgan fingerprint density at radius 3 is 2.65 bits per heavy atom. The van der Waals surface area contributed by atoms with Crippen LogP contribution in [0.2, 0.25) is 5.02 Å². The molecule has 4 saturated carbocycles. The van der Waals surface area contributed by atoms with Gasteiger partial charge < -0.3 is 14.6 Å². The van der Waals surface area contributed by atoms with E-state index in [2.05, 4.69) is 25.8 Å². The summed E-state index contributed by atoms with van der Waals surface area (Å²) in [7, 11) is 0. The lowest BCUT2D eigenvalue weighted by Crippen LogP contribution is -2.58. The smallest absolute Gasteiger partial charge is 0.346 e. The van der Waals surface area contributed by atoms with Crippen molar-refractivity contribution >= 4 is 22.5 Å². The van der Waals surface area contributed by atoms with E-state index < -0.39 is 0 Å². The van der Waals surface area contributed by atoms with Crippen LogP contribution in [0, 0.1) is 46.3 Å². The number of nitrogens with zero attached hydrogens (tertiary/aromatic N) is 1. The van der Waals surface area contributed by atoms with E-state index in [1.807, 2.05) is 0 Å². The molecule has 4 aliphatic carbocycles. The van der Waals surface area contributed by atoms with E-state index >= 15 is 0 Å². The number of hydrogen-bond donors (Lipinski definition) is 2. The lowest BCUT2D eigenvalue weighted by Gasteiger charge is -2.62. The molecular formula is C31H42ClNO4. The first-order valence-electron chi connectivity index (χ1n) is 14.6. The third-order valence-electron chi connectivity index (χ3n) is 11.9. The summed E-state index contributed by atoms with van der Waals surface area (Å²) in [5.41, 5.74) is 0.760. The predicted octanol–water partition coefficient (Wildman–Crippen LogP) is 6.40. The highest BCUT2D eigenvalue weighted by atomic mass is 35.5. The topological polar surface area (TPSA) is 83.6 Å². The molecule has 4 aliphatic rings. The Labute approximate surface area is 225 Å². The average molecular weight is 528 g/mol. The molecule has 1 unspecified atom stereocenters. The maximum atomic E-state index is 12.5. The number of hydrogen-bond acceptors (Lipinski definition) is 5. The number of aryl methyl sites for hydroxylation is 1. The van der Waals surface area contributed by atoms with Crippen LogP contribution < -0.4 is 5.63 Å². The molecule has 10 atom stereocenters. The summed E-state index contributed by atoms with van der Waals surface area (Å²) in [4.78, 5) is 17.1. The summed E-state index contributed by atoms with van der Waals surface area (Å²) >= 11 is 6.13. The summed E-state index contributed by atoms with van der Waals surface area (Å²) in [6.07, 6.45) is 9.73. The first-order chi connectivity index (χ1) is 17.6. The number of aromatic nitrogens is 1. The average Bonchev–Trinajstić information content (AvgIpc) is 3.20. The lowest BCUT2D eigenvalue weighted by molar-refractivity contribution is -0.174. The summed E-state index contributed by atoms with van der Waals surface area (Å²) in [5, 5.41) is 22.8. The molecule has 0 spiro atoms. The number of rotatable bonds is 4. The van der Waals surface area contributed by atoms with Gasteiger partial charge in [0.1, 0.15) is 0 Å². The Morgan fingerprint density at radius 1 is 1.08 bits per heavy atom. The van der Waals surface area contributed by atoms with Crippen molar-refractivity contribution in [1.29, 1.82) is 0 Å². The zero-order valence-corrected chi connectivity index (χ0v) is 23.2. The maximum Gasteiger partial charge on any atom is 0.346 e. The largest absolute Gasteiger partial charge is 0.408 e. The van der Waals surface area contributed by atoms with Gasteiger partial charge in [-0.15, -0.1) is 0 Å². The van der Waals surface area contributed by atoms with Gasteiger partial charge in [-0.2, -0.15) is 0 Å². The molecule has 4 fully saturated rings. The first-order valence-corrected chi connectivity index (χ1v) is 14.9. The molecule has 0 radical (unpaired) electrons. The molecule has 0 aliphatic heterocycles. The van der Waals surface area contributed by atoms with Gasteiger partial charge in [0.15, 0.2) is 5.89 Å². The lowest BCUT2D eigenvalue weighted by atomic mass is 9.43. The molecular weight excluding hydrogens is 486 g/mol. The Bertz CT molecular complexity index is 1230. The molecule has 2 N–H and O–H groups in total. The highest BCUT2D eigenvalue weighted by molar-refractivity contribution is 6.31. The zero-order valence-electron chi connectivity index (χ0n) is 22.5. The second-order valence-corrected chi connectivity index (χ2v) is 14.0. The second-order valence-electron chi connectivity index (χ2n) is 13.5. The van der Waals surface area contributed by atoms with Crippen LogP contribution in [0.4, 0.5) is 0 Å². The van der Waals surface area contributed by atoms with Gasteiger partial charge in [-0.3, -0.25) is 0 Å². The standard InChI is InChI=1S/C31H42ClNO4/c1-17(4-9-27-33-25-16-19(32)5-6-21(25)29(36)37-27)22-7-8-23-28-24(11-13-31(22,23)3)30(2)12-10-20(34)14-18(30)15-26(28)35/h5-6,16-18,20,22-24,26,28,34-35H,4,7-15H2,1-3H3/t17-,18+,20-,22-,23+,24?,26+,28+,30+,31-/m1/s1. The van der Waals surface area contributed by atoms with Gasteiger partial charge in [0.2, 0.25) is 0 Å². The Hall–Kier alpha value is -1.43. The van der Waals surface area contributed by atoms with E-state index in [1.54, 1.807) is 18.2 Å². The number of fused-ring (bicyclic) bond motifs is 6. The van der Waals surface area contributed by atoms with Crippen molar-refractivity contribution in [3.8, 4) is 0 Å². The fraction of sp³-hybridized carbons (Fsp3) is 0.742. The van der Waals surface area contributed by atoms with Crippen molar-refractivity contribution in [3.63, 3.8) is 0 Å². The summed E-state index contributed by atoms with van der Waals surface area (Å²) < 4.78 is 5.57.